The zero-order valence-electron chi connectivity index (χ0n) is 41.5. The molecule has 0 spiro atoms. The lowest BCUT2D eigenvalue weighted by Gasteiger charge is -2.61. The van der Waals surface area contributed by atoms with Crippen molar-refractivity contribution in [2.75, 3.05) is 6.61 Å². The molecule has 0 radical (unpaired) electrons. The Hall–Kier alpha value is -3.36. The molecule has 0 aromatic heterocycles. The Balaban J connectivity index is 0.946. The van der Waals surface area contributed by atoms with Gasteiger partial charge in [-0.15, -0.1) is 0 Å². The molecule has 1 heterocycles. The summed E-state index contributed by atoms with van der Waals surface area (Å²) < 4.78 is 42.2. The van der Waals surface area contributed by atoms with Gasteiger partial charge >= 0.3 is 0 Å². The summed E-state index contributed by atoms with van der Waals surface area (Å²) in [5, 5.41) is 0. The van der Waals surface area contributed by atoms with Gasteiger partial charge in [0.25, 0.3) is 0 Å². The second kappa shape index (κ2) is 22.6. The first kappa shape index (κ1) is 48.7. The molecule has 0 amide bonds. The number of benzene rings is 4. The second-order valence-electron chi connectivity index (χ2n) is 22.5. The standard InChI is InChI=1S/C61H82O6/c1-43(2)19-18-20-44(3)52-31-32-53-51-30-29-49-37-50(33-35-60(49,4)54(51)34-36-61(52,53)5)66-59-58(65-41-48-27-16-9-17-28-48)57(64-40-47-25-14-8-15-26-47)56(63-39-46-23-12-7-13-24-46)55(67-59)42-62-38-45-21-10-6-11-22-45/h6-17,21-28,43-44,49-59H,18-20,29-42H2,1-5H3/t44-,49?,50+,51+,52-,53+,54+,55-,56+,57+,58-,59-,60+,61-/m1/s1. The summed E-state index contributed by atoms with van der Waals surface area (Å²) in [5.74, 6) is 5.77. The zero-order valence-corrected chi connectivity index (χ0v) is 41.5. The number of rotatable bonds is 20. The minimum atomic E-state index is -0.662. The summed E-state index contributed by atoms with van der Waals surface area (Å²) in [4.78, 5) is 0. The monoisotopic (exact) mass is 911 g/mol. The minimum Gasteiger partial charge on any atom is -0.374 e. The van der Waals surface area contributed by atoms with Gasteiger partial charge in [-0.3, -0.25) is 0 Å². The van der Waals surface area contributed by atoms with Crippen LogP contribution in [0.25, 0.3) is 0 Å². The molecule has 14 atom stereocenters. The van der Waals surface area contributed by atoms with Crippen LogP contribution in [0.3, 0.4) is 0 Å². The molecule has 5 aliphatic rings. The van der Waals surface area contributed by atoms with Gasteiger partial charge in [-0.05, 0) is 132 Å². The highest BCUT2D eigenvalue weighted by Crippen LogP contribution is 2.68. The van der Waals surface area contributed by atoms with Crippen LogP contribution in [0.5, 0.6) is 0 Å². The summed E-state index contributed by atoms with van der Waals surface area (Å²) >= 11 is 0. The van der Waals surface area contributed by atoms with E-state index in [2.05, 4.69) is 138 Å². The van der Waals surface area contributed by atoms with Gasteiger partial charge in [-0.1, -0.05) is 175 Å². The average Bonchev–Trinajstić information content (AvgIpc) is 3.71. The molecule has 1 aliphatic heterocycles. The van der Waals surface area contributed by atoms with Gasteiger partial charge in [0.05, 0.1) is 39.1 Å². The van der Waals surface area contributed by atoms with E-state index in [-0.39, 0.29) is 6.10 Å². The molecule has 6 nitrogen and oxygen atoms in total. The predicted molar refractivity (Wildman–Crippen MR) is 268 cm³/mol. The first-order valence-electron chi connectivity index (χ1n) is 26.6. The summed E-state index contributed by atoms with van der Waals surface area (Å²) in [6, 6.07) is 41.6. The first-order valence-corrected chi connectivity index (χ1v) is 26.6. The van der Waals surface area contributed by atoms with E-state index >= 15 is 0 Å². The maximum Gasteiger partial charge on any atom is 0.187 e. The van der Waals surface area contributed by atoms with E-state index in [0.717, 1.165) is 70.6 Å². The van der Waals surface area contributed by atoms with Gasteiger partial charge in [-0.25, -0.2) is 0 Å². The molecule has 4 saturated carbocycles. The van der Waals surface area contributed by atoms with E-state index in [1.165, 1.54) is 64.2 Å². The van der Waals surface area contributed by atoms with Gasteiger partial charge in [0.15, 0.2) is 6.29 Å². The van der Waals surface area contributed by atoms with E-state index in [9.17, 15) is 0 Å². The van der Waals surface area contributed by atoms with Crippen LogP contribution in [0.1, 0.15) is 134 Å². The normalized spacial score (nSPS) is 34.3. The summed E-state index contributed by atoms with van der Waals surface area (Å²) in [6.45, 7) is 14.8. The molecule has 1 saturated heterocycles. The lowest BCUT2D eigenvalue weighted by Crippen LogP contribution is -2.62. The van der Waals surface area contributed by atoms with Crippen molar-refractivity contribution in [1.29, 1.82) is 0 Å². The summed E-state index contributed by atoms with van der Waals surface area (Å²) in [7, 11) is 0. The summed E-state index contributed by atoms with van der Waals surface area (Å²) in [6.07, 6.45) is 13.3. The Morgan fingerprint density at radius 2 is 1.09 bits per heavy atom. The van der Waals surface area contributed by atoms with Crippen molar-refractivity contribution < 1.29 is 28.4 Å². The van der Waals surface area contributed by atoms with Crippen LogP contribution in [0.4, 0.5) is 0 Å². The molecule has 0 N–H and O–H groups in total. The summed E-state index contributed by atoms with van der Waals surface area (Å²) in [5.41, 5.74) is 5.28. The molecule has 362 valence electrons. The van der Waals surface area contributed by atoms with Gasteiger partial charge in [0.2, 0.25) is 0 Å². The molecule has 6 heteroatoms. The fourth-order valence-corrected chi connectivity index (χ4v) is 14.4. The Labute approximate surface area is 404 Å². The van der Waals surface area contributed by atoms with Crippen LogP contribution < -0.4 is 0 Å². The molecule has 0 bridgehead atoms. The van der Waals surface area contributed by atoms with Gasteiger partial charge in [0.1, 0.15) is 24.4 Å². The third-order valence-electron chi connectivity index (χ3n) is 18.0. The highest BCUT2D eigenvalue weighted by molar-refractivity contribution is 5.17. The molecular formula is C61H82O6. The Kier molecular flexibility index (Phi) is 16.4. The van der Waals surface area contributed by atoms with Gasteiger partial charge in [0, 0.05) is 0 Å². The Bertz CT molecular complexity index is 2060. The zero-order chi connectivity index (χ0) is 46.2. The molecule has 9 rings (SSSR count). The van der Waals surface area contributed by atoms with Gasteiger partial charge < -0.3 is 28.4 Å². The van der Waals surface area contributed by atoms with Crippen molar-refractivity contribution in [2.24, 2.45) is 52.3 Å². The molecule has 4 aromatic carbocycles. The Morgan fingerprint density at radius 1 is 0.552 bits per heavy atom. The van der Waals surface area contributed by atoms with Crippen LogP contribution in [0, 0.1) is 52.3 Å². The average molecular weight is 911 g/mol. The highest BCUT2D eigenvalue weighted by Gasteiger charge is 2.61. The van der Waals surface area contributed by atoms with Crippen LogP contribution in [0.2, 0.25) is 0 Å². The van der Waals surface area contributed by atoms with Crippen molar-refractivity contribution in [2.45, 2.75) is 175 Å². The van der Waals surface area contributed by atoms with Crippen molar-refractivity contribution >= 4 is 0 Å². The first-order chi connectivity index (χ1) is 32.7. The van der Waals surface area contributed by atoms with Crippen LogP contribution in [-0.2, 0) is 54.8 Å². The quantitative estimate of drug-likeness (QED) is 0.0824. The molecule has 1 unspecified atom stereocenters. The third-order valence-corrected chi connectivity index (χ3v) is 18.0. The van der Waals surface area contributed by atoms with Crippen molar-refractivity contribution in [3.05, 3.63) is 144 Å². The molecule has 67 heavy (non-hydrogen) atoms. The second-order valence-corrected chi connectivity index (χ2v) is 22.5. The van der Waals surface area contributed by atoms with Crippen LogP contribution in [-0.4, -0.2) is 43.4 Å². The van der Waals surface area contributed by atoms with E-state index in [0.29, 0.717) is 49.8 Å². The van der Waals surface area contributed by atoms with E-state index < -0.39 is 30.7 Å². The van der Waals surface area contributed by atoms with E-state index in [1.54, 1.807) is 0 Å². The van der Waals surface area contributed by atoms with Crippen molar-refractivity contribution in [3.63, 3.8) is 0 Å². The number of hydrogen-bond acceptors (Lipinski definition) is 6. The Morgan fingerprint density at radius 3 is 1.69 bits per heavy atom. The lowest BCUT2D eigenvalue weighted by atomic mass is 9.44. The molecular weight excluding hydrogens is 829 g/mol. The molecule has 4 aliphatic carbocycles. The lowest BCUT2D eigenvalue weighted by molar-refractivity contribution is -0.340. The molecule has 4 aromatic rings. The van der Waals surface area contributed by atoms with Crippen molar-refractivity contribution in [3.8, 4) is 0 Å². The highest BCUT2D eigenvalue weighted by atomic mass is 16.7. The largest absolute Gasteiger partial charge is 0.374 e. The van der Waals surface area contributed by atoms with E-state index in [4.69, 9.17) is 28.4 Å². The van der Waals surface area contributed by atoms with Crippen LogP contribution in [0.15, 0.2) is 121 Å². The predicted octanol–water partition coefficient (Wildman–Crippen LogP) is 14.2. The van der Waals surface area contributed by atoms with E-state index in [1.807, 2.05) is 18.2 Å². The molecule has 5 fully saturated rings. The minimum absolute atomic E-state index is 0.0707. The fraction of sp³-hybridized carbons (Fsp3) is 0.607. The smallest absolute Gasteiger partial charge is 0.187 e. The number of fused-ring (bicyclic) bond motifs is 5. The number of ether oxygens (including phenoxy) is 6. The SMILES string of the molecule is CC(C)CCC[C@@H](C)[C@H]1CC[C@H]2[C@@H]3CCC4C[C@@H](O[C@@H]5O[C@H](COCc6ccccc6)[C@H](OCc6ccccc6)[C@H](OCc6ccccc6)[C@H]5OCc5ccccc5)CC[C@]4(C)[C@H]3CC[C@]12C. The van der Waals surface area contributed by atoms with Gasteiger partial charge in [-0.2, -0.15) is 0 Å². The third kappa shape index (κ3) is 11.5. The topological polar surface area (TPSA) is 55.4 Å². The fourth-order valence-electron chi connectivity index (χ4n) is 14.4. The number of hydrogen-bond donors (Lipinski definition) is 0. The van der Waals surface area contributed by atoms with Crippen LogP contribution >= 0.6 is 0 Å². The maximum absolute atomic E-state index is 7.39. The van der Waals surface area contributed by atoms with Crippen molar-refractivity contribution in [1.82, 2.24) is 0 Å². The maximum atomic E-state index is 7.39.